The van der Waals surface area contributed by atoms with Crippen molar-refractivity contribution in [3.63, 3.8) is 0 Å². The van der Waals surface area contributed by atoms with E-state index in [4.69, 9.17) is 5.73 Å². The predicted octanol–water partition coefficient (Wildman–Crippen LogP) is 1.94. The molecule has 0 aromatic rings. The molecule has 2 saturated heterocycles. The van der Waals surface area contributed by atoms with E-state index in [-0.39, 0.29) is 29.3 Å². The van der Waals surface area contributed by atoms with Gasteiger partial charge in [-0.3, -0.25) is 4.79 Å². The minimum Gasteiger partial charge on any atom is -0.342 e. The first-order valence-electron chi connectivity index (χ1n) is 9.96. The molecule has 3 fully saturated rings. The van der Waals surface area contributed by atoms with E-state index in [1.807, 2.05) is 9.80 Å². The Morgan fingerprint density at radius 3 is 2.40 bits per heavy atom. The van der Waals surface area contributed by atoms with Crippen molar-refractivity contribution in [1.82, 2.24) is 15.1 Å². The van der Waals surface area contributed by atoms with Crippen LogP contribution in [-0.2, 0) is 4.79 Å². The van der Waals surface area contributed by atoms with Crippen molar-refractivity contribution in [3.05, 3.63) is 0 Å². The van der Waals surface area contributed by atoms with E-state index in [2.05, 4.69) is 19.2 Å². The van der Waals surface area contributed by atoms with Gasteiger partial charge in [0.15, 0.2) is 0 Å². The molecule has 2 aliphatic heterocycles. The second kappa shape index (κ2) is 7.52. The highest BCUT2D eigenvalue weighted by molar-refractivity contribution is 5.81. The average molecular weight is 351 g/mol. The van der Waals surface area contributed by atoms with E-state index in [1.54, 1.807) is 0 Å². The van der Waals surface area contributed by atoms with Crippen LogP contribution in [0.3, 0.4) is 0 Å². The Balaban J connectivity index is 1.55. The summed E-state index contributed by atoms with van der Waals surface area (Å²) in [6, 6.07) is 0.495. The van der Waals surface area contributed by atoms with Gasteiger partial charge in [0.25, 0.3) is 0 Å². The summed E-state index contributed by atoms with van der Waals surface area (Å²) in [6.45, 7) is 7.06. The Labute approximate surface area is 151 Å². The molecule has 0 aromatic carbocycles. The smallest absolute Gasteiger partial charge is 0.317 e. The van der Waals surface area contributed by atoms with E-state index in [0.29, 0.717) is 12.6 Å². The third-order valence-electron chi connectivity index (χ3n) is 6.36. The lowest BCUT2D eigenvalue weighted by Crippen LogP contribution is -2.57. The molecule has 1 aliphatic carbocycles. The first-order valence-corrected chi connectivity index (χ1v) is 9.96. The van der Waals surface area contributed by atoms with E-state index >= 15 is 0 Å². The van der Waals surface area contributed by atoms with Crippen LogP contribution in [0.4, 0.5) is 4.79 Å². The number of nitrogens with two attached hydrogens (primary N) is 1. The molecule has 2 atom stereocenters. The van der Waals surface area contributed by atoms with Gasteiger partial charge in [0.05, 0.1) is 5.92 Å². The van der Waals surface area contributed by atoms with Gasteiger partial charge in [0.2, 0.25) is 5.91 Å². The molecule has 0 radical (unpaired) electrons. The number of carbonyl (C=O) groups is 2. The average Bonchev–Trinajstić information content (AvgIpc) is 3.09. The predicted molar refractivity (Wildman–Crippen MR) is 98.0 cm³/mol. The van der Waals surface area contributed by atoms with Gasteiger partial charge in [-0.25, -0.2) is 4.79 Å². The van der Waals surface area contributed by atoms with Gasteiger partial charge in [-0.15, -0.1) is 0 Å². The lowest BCUT2D eigenvalue weighted by molar-refractivity contribution is -0.140. The van der Waals surface area contributed by atoms with Crippen LogP contribution in [0.2, 0.25) is 0 Å². The third kappa shape index (κ3) is 4.27. The zero-order valence-corrected chi connectivity index (χ0v) is 15.8. The van der Waals surface area contributed by atoms with Crippen LogP contribution < -0.4 is 11.1 Å². The van der Waals surface area contributed by atoms with Crippen LogP contribution in [0.25, 0.3) is 0 Å². The van der Waals surface area contributed by atoms with Crippen LogP contribution in [0, 0.1) is 11.3 Å². The second-order valence-electron chi connectivity index (χ2n) is 8.86. The van der Waals surface area contributed by atoms with E-state index in [9.17, 15) is 9.59 Å². The van der Waals surface area contributed by atoms with Crippen molar-refractivity contribution in [1.29, 1.82) is 0 Å². The third-order valence-corrected chi connectivity index (χ3v) is 6.36. The summed E-state index contributed by atoms with van der Waals surface area (Å²) in [5, 5.41) is 3.15. The maximum absolute atomic E-state index is 13.0. The summed E-state index contributed by atoms with van der Waals surface area (Å²) in [5.74, 6) is 0.145. The van der Waals surface area contributed by atoms with Crippen LogP contribution in [0.15, 0.2) is 0 Å². The van der Waals surface area contributed by atoms with Crippen molar-refractivity contribution < 1.29 is 9.59 Å². The van der Waals surface area contributed by atoms with Gasteiger partial charge in [-0.05, 0) is 37.5 Å². The summed E-state index contributed by atoms with van der Waals surface area (Å²) >= 11 is 0. The molecule has 0 bridgehead atoms. The van der Waals surface area contributed by atoms with E-state index in [1.165, 1.54) is 12.8 Å². The number of carbonyl (C=O) groups excluding carboxylic acids is 2. The molecule has 3 rings (SSSR count). The Morgan fingerprint density at radius 1 is 1.00 bits per heavy atom. The van der Waals surface area contributed by atoms with Crippen molar-refractivity contribution in [2.24, 2.45) is 17.1 Å². The van der Waals surface area contributed by atoms with Gasteiger partial charge in [0, 0.05) is 38.3 Å². The molecule has 1 saturated carbocycles. The maximum atomic E-state index is 13.0. The minimum absolute atomic E-state index is 0.0189. The summed E-state index contributed by atoms with van der Waals surface area (Å²) < 4.78 is 0. The Bertz CT molecular complexity index is 502. The first-order chi connectivity index (χ1) is 11.9. The van der Waals surface area contributed by atoms with Crippen molar-refractivity contribution in [3.8, 4) is 0 Å². The number of urea groups is 1. The summed E-state index contributed by atoms with van der Waals surface area (Å²) in [5.41, 5.74) is 6.15. The van der Waals surface area contributed by atoms with Gasteiger partial charge >= 0.3 is 6.03 Å². The molecule has 2 heterocycles. The molecular formula is C19H34N4O2. The number of nitrogens with zero attached hydrogens (tertiary/aromatic N) is 2. The van der Waals surface area contributed by atoms with Gasteiger partial charge in [-0.1, -0.05) is 26.7 Å². The number of likely N-dealkylation sites (tertiary alicyclic amines) is 2. The van der Waals surface area contributed by atoms with Gasteiger partial charge < -0.3 is 20.9 Å². The lowest BCUT2D eigenvalue weighted by Gasteiger charge is -2.44. The number of nitrogens with one attached hydrogen (secondary N) is 1. The molecule has 0 spiro atoms. The fraction of sp³-hybridized carbons (Fsp3) is 0.895. The molecule has 6 nitrogen and oxygen atoms in total. The molecule has 25 heavy (non-hydrogen) atoms. The topological polar surface area (TPSA) is 78.7 Å². The number of hydrogen-bond acceptors (Lipinski definition) is 3. The molecule has 0 aromatic heterocycles. The van der Waals surface area contributed by atoms with Crippen LogP contribution >= 0.6 is 0 Å². The SMILES string of the molecule is CC1(C)CN(C(=O)C2CCCN(C(=O)NC3CCCC3)C2)CCC1N. The summed E-state index contributed by atoms with van der Waals surface area (Å²) in [7, 11) is 0. The molecule has 6 heteroatoms. The normalized spacial score (nSPS) is 30.4. The van der Waals surface area contributed by atoms with Crippen LogP contribution in [0.1, 0.15) is 58.8 Å². The van der Waals surface area contributed by atoms with E-state index in [0.717, 1.165) is 51.7 Å². The molecule has 142 valence electrons. The Morgan fingerprint density at radius 2 is 1.72 bits per heavy atom. The van der Waals surface area contributed by atoms with Gasteiger partial charge in [0.1, 0.15) is 0 Å². The van der Waals surface area contributed by atoms with Gasteiger partial charge in [-0.2, -0.15) is 0 Å². The fourth-order valence-corrected chi connectivity index (χ4v) is 4.52. The highest BCUT2D eigenvalue weighted by atomic mass is 16.2. The second-order valence-corrected chi connectivity index (χ2v) is 8.86. The monoisotopic (exact) mass is 350 g/mol. The minimum atomic E-state index is -0.0618. The maximum Gasteiger partial charge on any atom is 0.317 e. The van der Waals surface area contributed by atoms with Crippen molar-refractivity contribution in [2.45, 2.75) is 70.9 Å². The summed E-state index contributed by atoms with van der Waals surface area (Å²) in [4.78, 5) is 29.3. The van der Waals surface area contributed by atoms with Crippen LogP contribution in [0.5, 0.6) is 0 Å². The largest absolute Gasteiger partial charge is 0.342 e. The molecule has 2 unspecified atom stereocenters. The highest BCUT2D eigenvalue weighted by Gasteiger charge is 2.38. The number of hydrogen-bond donors (Lipinski definition) is 2. The first kappa shape index (κ1) is 18.5. The Hall–Kier alpha value is -1.30. The zero-order valence-electron chi connectivity index (χ0n) is 15.8. The molecule has 3 amide bonds. The van der Waals surface area contributed by atoms with Crippen molar-refractivity contribution >= 4 is 11.9 Å². The fourth-order valence-electron chi connectivity index (χ4n) is 4.52. The quantitative estimate of drug-likeness (QED) is 0.799. The lowest BCUT2D eigenvalue weighted by atomic mass is 9.79. The van der Waals surface area contributed by atoms with Crippen molar-refractivity contribution in [2.75, 3.05) is 26.2 Å². The number of amides is 3. The molecular weight excluding hydrogens is 316 g/mol. The molecule has 3 N–H and O–H groups in total. The standard InChI is InChI=1S/C19H34N4O2/c1-19(2)13-23(11-9-16(19)20)17(24)14-6-5-10-22(12-14)18(25)21-15-7-3-4-8-15/h14-16H,3-13,20H2,1-2H3,(H,21,25). The number of rotatable bonds is 2. The Kier molecular flexibility index (Phi) is 5.56. The van der Waals surface area contributed by atoms with E-state index < -0.39 is 0 Å². The number of piperidine rings is 2. The molecule has 3 aliphatic rings. The van der Waals surface area contributed by atoms with Crippen LogP contribution in [-0.4, -0.2) is 60.0 Å². The highest BCUT2D eigenvalue weighted by Crippen LogP contribution is 2.30. The zero-order chi connectivity index (χ0) is 18.0. The summed E-state index contributed by atoms with van der Waals surface area (Å²) in [6.07, 6.45) is 7.24.